The molecule has 1 N–H and O–H groups in total. The summed E-state index contributed by atoms with van der Waals surface area (Å²) in [7, 11) is -4.49. The fourth-order valence-corrected chi connectivity index (χ4v) is 6.43. The average molecular weight is 629 g/mol. The molecule has 8 nitrogen and oxygen atoms in total. The Labute approximate surface area is 251 Å². The molecule has 230 valence electrons. The first kappa shape index (κ1) is 30.9. The van der Waals surface area contributed by atoms with Crippen molar-refractivity contribution in [3.05, 3.63) is 102 Å². The van der Waals surface area contributed by atoms with E-state index in [9.17, 15) is 35.6 Å². The van der Waals surface area contributed by atoms with Gasteiger partial charge in [-0.2, -0.15) is 13.2 Å². The predicted molar refractivity (Wildman–Crippen MR) is 156 cm³/mol. The van der Waals surface area contributed by atoms with Gasteiger partial charge in [-0.3, -0.25) is 19.3 Å². The van der Waals surface area contributed by atoms with Crippen LogP contribution in [0.3, 0.4) is 0 Å². The van der Waals surface area contributed by atoms with Crippen LogP contribution in [-0.4, -0.2) is 61.2 Å². The monoisotopic (exact) mass is 628 g/mol. The van der Waals surface area contributed by atoms with E-state index in [-0.39, 0.29) is 48.1 Å². The van der Waals surface area contributed by atoms with Crippen LogP contribution in [0.4, 0.5) is 23.2 Å². The van der Waals surface area contributed by atoms with Crippen molar-refractivity contribution in [2.75, 3.05) is 30.9 Å². The van der Waals surface area contributed by atoms with Gasteiger partial charge in [-0.25, -0.2) is 12.8 Å². The fourth-order valence-electron chi connectivity index (χ4n) is 5.17. The third kappa shape index (κ3) is 6.09. The third-order valence-corrected chi connectivity index (χ3v) is 9.05. The SMILES string of the molecule is CC(C)(C(=O)N1CCN(C(=O)c2ccc(NS(=O)(=O)c3cccc4cccnc34)c(C(F)(F)F)c2)CC1)c1ccc(F)cc1. The number of piperazine rings is 1. The Morgan fingerprint density at radius 3 is 2.16 bits per heavy atom. The van der Waals surface area contributed by atoms with Gasteiger partial charge in [0, 0.05) is 43.3 Å². The number of hydrogen-bond donors (Lipinski definition) is 1. The van der Waals surface area contributed by atoms with Crippen molar-refractivity contribution in [3.63, 3.8) is 0 Å². The quantitative estimate of drug-likeness (QED) is 0.286. The number of fused-ring (bicyclic) bond motifs is 1. The van der Waals surface area contributed by atoms with Crippen LogP contribution in [-0.2, 0) is 26.4 Å². The average Bonchev–Trinajstić information content (AvgIpc) is 3.00. The molecule has 13 heteroatoms. The highest BCUT2D eigenvalue weighted by Gasteiger charge is 2.38. The Balaban J connectivity index is 1.33. The van der Waals surface area contributed by atoms with Gasteiger partial charge in [-0.1, -0.05) is 30.3 Å². The van der Waals surface area contributed by atoms with Gasteiger partial charge in [-0.05, 0) is 61.9 Å². The van der Waals surface area contributed by atoms with Crippen LogP contribution in [0.2, 0.25) is 0 Å². The van der Waals surface area contributed by atoms with Gasteiger partial charge in [-0.15, -0.1) is 0 Å². The van der Waals surface area contributed by atoms with E-state index in [1.165, 1.54) is 47.5 Å². The van der Waals surface area contributed by atoms with Crippen molar-refractivity contribution in [3.8, 4) is 0 Å². The minimum Gasteiger partial charge on any atom is -0.338 e. The molecule has 5 rings (SSSR count). The van der Waals surface area contributed by atoms with Crippen molar-refractivity contribution in [1.29, 1.82) is 0 Å². The van der Waals surface area contributed by atoms with Crippen molar-refractivity contribution in [2.45, 2.75) is 30.3 Å². The van der Waals surface area contributed by atoms with Gasteiger partial charge in [0.1, 0.15) is 10.7 Å². The number of carbonyl (C=O) groups excluding carboxylic acids is 2. The van der Waals surface area contributed by atoms with E-state index < -0.39 is 44.6 Å². The number of rotatable bonds is 6. The standard InChI is InChI=1S/C31H28F4N4O4S/c1-30(2,22-9-11-23(32)12-10-22)29(41)39-17-15-38(16-18-39)28(40)21-8-13-25(24(19-21)31(33,34)35)37-44(42,43)26-7-3-5-20-6-4-14-36-27(20)26/h3-14,19,37H,15-18H2,1-2H3. The lowest BCUT2D eigenvalue weighted by Crippen LogP contribution is -2.54. The van der Waals surface area contributed by atoms with E-state index in [2.05, 4.69) is 4.98 Å². The zero-order valence-electron chi connectivity index (χ0n) is 23.7. The van der Waals surface area contributed by atoms with Gasteiger partial charge in [0.05, 0.1) is 22.2 Å². The van der Waals surface area contributed by atoms with Gasteiger partial charge in [0.2, 0.25) is 5.91 Å². The third-order valence-electron chi connectivity index (χ3n) is 7.66. The van der Waals surface area contributed by atoms with Crippen LogP contribution < -0.4 is 4.72 Å². The molecule has 2 heterocycles. The van der Waals surface area contributed by atoms with Crippen LogP contribution in [0, 0.1) is 5.82 Å². The van der Waals surface area contributed by atoms with E-state index in [4.69, 9.17) is 0 Å². The Morgan fingerprint density at radius 1 is 0.864 bits per heavy atom. The van der Waals surface area contributed by atoms with E-state index in [1.807, 2.05) is 4.72 Å². The Hall–Kier alpha value is -4.52. The molecule has 3 aromatic carbocycles. The summed E-state index contributed by atoms with van der Waals surface area (Å²) in [5.41, 5.74) is -2.59. The number of carbonyl (C=O) groups is 2. The van der Waals surface area contributed by atoms with E-state index in [0.29, 0.717) is 17.0 Å². The van der Waals surface area contributed by atoms with Crippen molar-refractivity contribution in [1.82, 2.24) is 14.8 Å². The van der Waals surface area contributed by atoms with Gasteiger partial charge >= 0.3 is 6.18 Å². The first-order chi connectivity index (χ1) is 20.7. The molecule has 1 saturated heterocycles. The molecule has 0 atom stereocenters. The number of benzene rings is 3. The maximum Gasteiger partial charge on any atom is 0.418 e. The van der Waals surface area contributed by atoms with Crippen LogP contribution in [0.25, 0.3) is 10.9 Å². The molecule has 0 unspecified atom stereocenters. The summed E-state index contributed by atoms with van der Waals surface area (Å²) in [6.07, 6.45) is -3.60. The largest absolute Gasteiger partial charge is 0.418 e. The summed E-state index contributed by atoms with van der Waals surface area (Å²) in [5, 5.41) is 0.494. The number of para-hydroxylation sites is 1. The Morgan fingerprint density at radius 2 is 1.50 bits per heavy atom. The zero-order valence-corrected chi connectivity index (χ0v) is 24.5. The zero-order chi connectivity index (χ0) is 31.9. The smallest absolute Gasteiger partial charge is 0.338 e. The second-order valence-electron chi connectivity index (χ2n) is 10.9. The fraction of sp³-hybridized carbons (Fsp3) is 0.258. The lowest BCUT2D eigenvalue weighted by atomic mass is 9.83. The van der Waals surface area contributed by atoms with Crippen molar-refractivity contribution < 1.29 is 35.6 Å². The van der Waals surface area contributed by atoms with Crippen LogP contribution >= 0.6 is 0 Å². The first-order valence-electron chi connectivity index (χ1n) is 13.6. The summed E-state index contributed by atoms with van der Waals surface area (Å²) in [4.78, 5) is 33.2. The molecule has 1 aliphatic rings. The second kappa shape index (κ2) is 11.5. The molecule has 0 radical (unpaired) electrons. The topological polar surface area (TPSA) is 99.7 Å². The molecule has 2 amide bonds. The number of nitrogens with one attached hydrogen (secondary N) is 1. The number of nitrogens with zero attached hydrogens (tertiary/aromatic N) is 3. The lowest BCUT2D eigenvalue weighted by Gasteiger charge is -2.39. The minimum absolute atomic E-state index is 0.0773. The molecular formula is C31H28F4N4O4S. The number of alkyl halides is 3. The summed E-state index contributed by atoms with van der Waals surface area (Å²) in [6, 6.07) is 15.9. The predicted octanol–water partition coefficient (Wildman–Crippen LogP) is 5.46. The molecular weight excluding hydrogens is 600 g/mol. The molecule has 0 spiro atoms. The highest BCUT2D eigenvalue weighted by atomic mass is 32.2. The molecule has 44 heavy (non-hydrogen) atoms. The Bertz CT molecular complexity index is 1830. The first-order valence-corrected chi connectivity index (χ1v) is 15.1. The van der Waals surface area contributed by atoms with E-state index in [0.717, 1.165) is 12.1 Å². The van der Waals surface area contributed by atoms with Gasteiger partial charge in [0.15, 0.2) is 0 Å². The summed E-state index contributed by atoms with van der Waals surface area (Å²) in [6.45, 7) is 3.88. The van der Waals surface area contributed by atoms with Crippen LogP contribution in [0.15, 0.2) is 83.9 Å². The minimum atomic E-state index is -4.98. The van der Waals surface area contributed by atoms with Crippen LogP contribution in [0.1, 0.15) is 35.3 Å². The van der Waals surface area contributed by atoms with Crippen LogP contribution in [0.5, 0.6) is 0 Å². The maximum absolute atomic E-state index is 14.1. The molecule has 0 aliphatic carbocycles. The lowest BCUT2D eigenvalue weighted by molar-refractivity contribution is -0.138. The Kier molecular flexibility index (Phi) is 8.10. The summed E-state index contributed by atoms with van der Waals surface area (Å²) < 4.78 is 84.2. The summed E-state index contributed by atoms with van der Waals surface area (Å²) in [5.74, 6) is -1.34. The molecule has 1 fully saturated rings. The highest BCUT2D eigenvalue weighted by molar-refractivity contribution is 7.93. The van der Waals surface area contributed by atoms with E-state index in [1.54, 1.807) is 36.9 Å². The summed E-state index contributed by atoms with van der Waals surface area (Å²) >= 11 is 0. The van der Waals surface area contributed by atoms with Crippen molar-refractivity contribution >= 4 is 38.4 Å². The molecule has 4 aromatic rings. The number of sulfonamides is 1. The maximum atomic E-state index is 14.1. The van der Waals surface area contributed by atoms with Gasteiger partial charge < -0.3 is 9.80 Å². The number of halogens is 4. The number of anilines is 1. The number of aromatic nitrogens is 1. The number of hydrogen-bond acceptors (Lipinski definition) is 5. The normalized spacial score (nSPS) is 14.5. The van der Waals surface area contributed by atoms with Crippen molar-refractivity contribution in [2.24, 2.45) is 0 Å². The molecule has 1 aromatic heterocycles. The highest BCUT2D eigenvalue weighted by Crippen LogP contribution is 2.37. The van der Waals surface area contributed by atoms with Gasteiger partial charge in [0.25, 0.3) is 15.9 Å². The second-order valence-corrected chi connectivity index (χ2v) is 12.6. The van der Waals surface area contributed by atoms with E-state index >= 15 is 0 Å². The number of amides is 2. The molecule has 0 bridgehead atoms. The number of pyridine rings is 1. The molecule has 1 aliphatic heterocycles. The molecule has 0 saturated carbocycles.